The number of anilines is 1. The fourth-order valence-electron chi connectivity index (χ4n) is 1.62. The van der Waals surface area contributed by atoms with Crippen molar-refractivity contribution in [3.63, 3.8) is 0 Å². The third-order valence-electron chi connectivity index (χ3n) is 2.53. The molecule has 0 atom stereocenters. The summed E-state index contributed by atoms with van der Waals surface area (Å²) in [6.07, 6.45) is 0. The van der Waals surface area contributed by atoms with E-state index in [9.17, 15) is 0 Å². The predicted molar refractivity (Wildman–Crippen MR) is 77.5 cm³/mol. The van der Waals surface area contributed by atoms with E-state index in [1.54, 1.807) is 0 Å². The number of rotatable bonds is 3. The zero-order valence-electron chi connectivity index (χ0n) is 9.77. The monoisotopic (exact) mass is 241 g/mol. The molecule has 0 radical (unpaired) electrons. The summed E-state index contributed by atoms with van der Waals surface area (Å²) in [7, 11) is 0. The largest absolute Gasteiger partial charge is 0.356 e. The first-order valence-electron chi connectivity index (χ1n) is 5.47. The van der Waals surface area contributed by atoms with Crippen LogP contribution in [0.2, 0.25) is 0 Å². The van der Waals surface area contributed by atoms with Gasteiger partial charge in [0.15, 0.2) is 0 Å². The molecule has 86 valence electrons. The van der Waals surface area contributed by atoms with Gasteiger partial charge < -0.3 is 5.32 Å². The first-order chi connectivity index (χ1) is 8.15. The van der Waals surface area contributed by atoms with Crippen LogP contribution >= 0.6 is 12.6 Å². The molecule has 2 aromatic rings. The van der Waals surface area contributed by atoms with Crippen LogP contribution < -0.4 is 5.32 Å². The Labute approximate surface area is 108 Å². The normalized spacial score (nSPS) is 10.0. The maximum absolute atomic E-state index is 4.26. The minimum Gasteiger partial charge on any atom is -0.356 e. The Balaban J connectivity index is 2.14. The standard InChI is InChI=1S/C15H15NS/c1-11-4-3-5-13(10-11)12(2)16-14-6-8-15(17)9-7-14/h3-10,16-17H,2H2,1H3. The van der Waals surface area contributed by atoms with Crippen LogP contribution in [0.3, 0.4) is 0 Å². The first-order valence-corrected chi connectivity index (χ1v) is 5.92. The summed E-state index contributed by atoms with van der Waals surface area (Å²) in [5.41, 5.74) is 4.27. The summed E-state index contributed by atoms with van der Waals surface area (Å²) in [4.78, 5) is 0.955. The zero-order valence-corrected chi connectivity index (χ0v) is 10.7. The van der Waals surface area contributed by atoms with E-state index >= 15 is 0 Å². The Hall–Kier alpha value is -1.67. The average molecular weight is 241 g/mol. The van der Waals surface area contributed by atoms with E-state index in [0.717, 1.165) is 21.8 Å². The van der Waals surface area contributed by atoms with Crippen molar-refractivity contribution >= 4 is 24.0 Å². The Morgan fingerprint density at radius 2 is 1.82 bits per heavy atom. The van der Waals surface area contributed by atoms with Crippen molar-refractivity contribution in [3.8, 4) is 0 Å². The Morgan fingerprint density at radius 3 is 2.47 bits per heavy atom. The van der Waals surface area contributed by atoms with E-state index in [1.807, 2.05) is 30.3 Å². The number of thiol groups is 1. The van der Waals surface area contributed by atoms with Crippen molar-refractivity contribution in [3.05, 3.63) is 66.2 Å². The molecule has 0 bridgehead atoms. The molecule has 0 heterocycles. The molecule has 2 heteroatoms. The van der Waals surface area contributed by atoms with Gasteiger partial charge in [-0.05, 0) is 42.8 Å². The minimum atomic E-state index is 0.903. The second kappa shape index (κ2) is 5.11. The Morgan fingerprint density at radius 1 is 1.12 bits per heavy atom. The lowest BCUT2D eigenvalue weighted by Gasteiger charge is -2.10. The number of hydrogen-bond acceptors (Lipinski definition) is 2. The maximum Gasteiger partial charge on any atom is 0.0384 e. The van der Waals surface area contributed by atoms with E-state index in [-0.39, 0.29) is 0 Å². The van der Waals surface area contributed by atoms with E-state index in [4.69, 9.17) is 0 Å². The highest BCUT2D eigenvalue weighted by molar-refractivity contribution is 7.80. The lowest BCUT2D eigenvalue weighted by atomic mass is 10.1. The molecule has 0 fully saturated rings. The molecular formula is C15H15NS. The molecule has 0 saturated heterocycles. The number of benzene rings is 2. The van der Waals surface area contributed by atoms with E-state index in [2.05, 4.69) is 49.6 Å². The summed E-state index contributed by atoms with van der Waals surface area (Å²) in [5, 5.41) is 3.28. The Bertz CT molecular complexity index is 529. The summed E-state index contributed by atoms with van der Waals surface area (Å²) in [5.74, 6) is 0. The van der Waals surface area contributed by atoms with Crippen molar-refractivity contribution in [1.82, 2.24) is 0 Å². The fourth-order valence-corrected chi connectivity index (χ4v) is 1.77. The van der Waals surface area contributed by atoms with Crippen LogP contribution in [0.15, 0.2) is 60.0 Å². The summed E-state index contributed by atoms with van der Waals surface area (Å²) < 4.78 is 0. The molecule has 0 unspecified atom stereocenters. The van der Waals surface area contributed by atoms with Crippen molar-refractivity contribution < 1.29 is 0 Å². The van der Waals surface area contributed by atoms with E-state index in [0.29, 0.717) is 0 Å². The van der Waals surface area contributed by atoms with Gasteiger partial charge >= 0.3 is 0 Å². The number of hydrogen-bond donors (Lipinski definition) is 2. The first kappa shape index (κ1) is 11.8. The lowest BCUT2D eigenvalue weighted by Crippen LogP contribution is -1.97. The lowest BCUT2D eigenvalue weighted by molar-refractivity contribution is 1.42. The van der Waals surface area contributed by atoms with Crippen LogP contribution in [0.1, 0.15) is 11.1 Å². The van der Waals surface area contributed by atoms with Gasteiger partial charge in [-0.2, -0.15) is 0 Å². The third kappa shape index (κ3) is 3.14. The van der Waals surface area contributed by atoms with Crippen LogP contribution in [0.25, 0.3) is 5.70 Å². The average Bonchev–Trinajstić information content (AvgIpc) is 2.32. The van der Waals surface area contributed by atoms with Gasteiger partial charge in [0, 0.05) is 16.3 Å². The Kier molecular flexibility index (Phi) is 3.55. The topological polar surface area (TPSA) is 12.0 Å². The zero-order chi connectivity index (χ0) is 12.3. The highest BCUT2D eigenvalue weighted by Gasteiger charge is 1.99. The summed E-state index contributed by atoms with van der Waals surface area (Å²) >= 11 is 4.26. The molecule has 1 nitrogen and oxygen atoms in total. The minimum absolute atomic E-state index is 0.903. The van der Waals surface area contributed by atoms with Gasteiger partial charge in [0.05, 0.1) is 0 Å². The maximum atomic E-state index is 4.26. The van der Waals surface area contributed by atoms with Gasteiger partial charge in [-0.3, -0.25) is 0 Å². The van der Waals surface area contributed by atoms with Crippen LogP contribution in [-0.2, 0) is 0 Å². The number of nitrogens with one attached hydrogen (secondary N) is 1. The molecule has 0 saturated carbocycles. The molecule has 1 N–H and O–H groups in total. The third-order valence-corrected chi connectivity index (χ3v) is 2.83. The highest BCUT2D eigenvalue weighted by Crippen LogP contribution is 2.19. The summed E-state index contributed by atoms with van der Waals surface area (Å²) in [6.45, 7) is 6.13. The van der Waals surface area contributed by atoms with Gasteiger partial charge in [0.2, 0.25) is 0 Å². The van der Waals surface area contributed by atoms with Gasteiger partial charge in [0.25, 0.3) is 0 Å². The quantitative estimate of drug-likeness (QED) is 0.761. The SMILES string of the molecule is C=C(Nc1ccc(S)cc1)c1cccc(C)c1. The number of aryl methyl sites for hydroxylation is 1. The van der Waals surface area contributed by atoms with E-state index < -0.39 is 0 Å². The summed E-state index contributed by atoms with van der Waals surface area (Å²) in [6, 6.07) is 16.2. The highest BCUT2D eigenvalue weighted by atomic mass is 32.1. The molecule has 0 amide bonds. The second-order valence-corrected chi connectivity index (χ2v) is 4.54. The molecule has 0 aliphatic rings. The molecule has 17 heavy (non-hydrogen) atoms. The van der Waals surface area contributed by atoms with Crippen molar-refractivity contribution in [2.24, 2.45) is 0 Å². The van der Waals surface area contributed by atoms with Crippen molar-refractivity contribution in [2.75, 3.05) is 5.32 Å². The molecule has 0 spiro atoms. The van der Waals surface area contributed by atoms with Crippen molar-refractivity contribution in [2.45, 2.75) is 11.8 Å². The fraction of sp³-hybridized carbons (Fsp3) is 0.0667. The predicted octanol–water partition coefficient (Wildman–Crippen LogP) is 4.37. The molecule has 0 aliphatic carbocycles. The van der Waals surface area contributed by atoms with Gasteiger partial charge in [-0.15, -0.1) is 12.6 Å². The van der Waals surface area contributed by atoms with Crippen LogP contribution in [0.5, 0.6) is 0 Å². The second-order valence-electron chi connectivity index (χ2n) is 4.02. The van der Waals surface area contributed by atoms with Crippen LogP contribution in [-0.4, -0.2) is 0 Å². The molecule has 0 aromatic heterocycles. The molecular weight excluding hydrogens is 226 g/mol. The molecule has 2 rings (SSSR count). The molecule has 2 aromatic carbocycles. The smallest absolute Gasteiger partial charge is 0.0384 e. The van der Waals surface area contributed by atoms with Gasteiger partial charge in [-0.25, -0.2) is 0 Å². The van der Waals surface area contributed by atoms with Crippen LogP contribution in [0, 0.1) is 6.92 Å². The van der Waals surface area contributed by atoms with Gasteiger partial charge in [-0.1, -0.05) is 30.3 Å². The van der Waals surface area contributed by atoms with E-state index in [1.165, 1.54) is 5.56 Å². The molecule has 0 aliphatic heterocycles. The van der Waals surface area contributed by atoms with Gasteiger partial charge in [0.1, 0.15) is 0 Å². The van der Waals surface area contributed by atoms with Crippen molar-refractivity contribution in [1.29, 1.82) is 0 Å². The van der Waals surface area contributed by atoms with Crippen LogP contribution in [0.4, 0.5) is 5.69 Å².